The highest BCUT2D eigenvalue weighted by Gasteiger charge is 2.33. The molecule has 1 aromatic heterocycles. The molecule has 0 aromatic carbocycles. The monoisotopic (exact) mass is 267 g/mol. The van der Waals surface area contributed by atoms with E-state index in [9.17, 15) is 0 Å². The van der Waals surface area contributed by atoms with Crippen LogP contribution in [0, 0.1) is 6.92 Å². The number of alkyl halides is 1. The van der Waals surface area contributed by atoms with Gasteiger partial charge in [0.2, 0.25) is 5.95 Å². The van der Waals surface area contributed by atoms with Gasteiger partial charge in [0.05, 0.1) is 5.54 Å². The summed E-state index contributed by atoms with van der Waals surface area (Å²) in [5.41, 5.74) is 2.11. The van der Waals surface area contributed by atoms with Gasteiger partial charge in [0.15, 0.2) is 0 Å². The molecule has 0 saturated heterocycles. The normalized spacial score (nSPS) is 18.3. The highest BCUT2D eigenvalue weighted by atomic mass is 35.5. The van der Waals surface area contributed by atoms with E-state index in [4.69, 9.17) is 11.6 Å². The van der Waals surface area contributed by atoms with Crippen LogP contribution in [0.4, 0.5) is 5.95 Å². The topological polar surface area (TPSA) is 37.8 Å². The molecule has 1 fully saturated rings. The van der Waals surface area contributed by atoms with Crippen LogP contribution >= 0.6 is 11.6 Å². The summed E-state index contributed by atoms with van der Waals surface area (Å²) in [6.45, 7) is 6.32. The zero-order valence-corrected chi connectivity index (χ0v) is 12.2. The Kier molecular flexibility index (Phi) is 4.10. The molecule has 0 spiro atoms. The zero-order valence-electron chi connectivity index (χ0n) is 11.5. The van der Waals surface area contributed by atoms with Crippen LogP contribution in [0.2, 0.25) is 0 Å². The lowest BCUT2D eigenvalue weighted by Gasteiger charge is -2.28. The van der Waals surface area contributed by atoms with Gasteiger partial charge in [-0.1, -0.05) is 26.7 Å². The summed E-state index contributed by atoms with van der Waals surface area (Å²) in [7, 11) is 0. The van der Waals surface area contributed by atoms with Crippen LogP contribution in [0.15, 0.2) is 6.07 Å². The van der Waals surface area contributed by atoms with Crippen molar-refractivity contribution in [2.75, 3.05) is 11.2 Å². The molecule has 1 aliphatic carbocycles. The first-order valence-electron chi connectivity index (χ1n) is 6.74. The number of hydrogen-bond acceptors (Lipinski definition) is 3. The second-order valence-electron chi connectivity index (χ2n) is 5.66. The van der Waals surface area contributed by atoms with Crippen molar-refractivity contribution in [3.05, 3.63) is 17.5 Å². The minimum absolute atomic E-state index is 0.00357. The maximum absolute atomic E-state index is 6.14. The van der Waals surface area contributed by atoms with Crippen LogP contribution in [0.25, 0.3) is 0 Å². The molecule has 1 heterocycles. The van der Waals surface area contributed by atoms with Crippen LogP contribution in [-0.2, 0) is 0 Å². The molecule has 0 amide bonds. The number of aromatic nitrogens is 2. The number of hydrogen-bond donors (Lipinski definition) is 1. The fraction of sp³-hybridized carbons (Fsp3) is 0.714. The average molecular weight is 268 g/mol. The van der Waals surface area contributed by atoms with E-state index in [1.807, 2.05) is 6.92 Å². The van der Waals surface area contributed by atoms with Crippen molar-refractivity contribution in [1.82, 2.24) is 9.97 Å². The minimum Gasteiger partial charge on any atom is -0.348 e. The Morgan fingerprint density at radius 2 is 2.00 bits per heavy atom. The van der Waals surface area contributed by atoms with Gasteiger partial charge in [-0.3, -0.25) is 0 Å². The Hall–Kier alpha value is -0.830. The quantitative estimate of drug-likeness (QED) is 0.842. The van der Waals surface area contributed by atoms with Crippen LogP contribution in [0.5, 0.6) is 0 Å². The van der Waals surface area contributed by atoms with Crippen molar-refractivity contribution in [2.24, 2.45) is 0 Å². The van der Waals surface area contributed by atoms with Gasteiger partial charge in [0, 0.05) is 17.3 Å². The average Bonchev–Trinajstić information content (AvgIpc) is 2.77. The summed E-state index contributed by atoms with van der Waals surface area (Å²) >= 11 is 6.14. The summed E-state index contributed by atoms with van der Waals surface area (Å²) in [6, 6.07) is 2.05. The molecule has 0 aliphatic heterocycles. The summed E-state index contributed by atoms with van der Waals surface area (Å²) < 4.78 is 0. The zero-order chi connectivity index (χ0) is 13.2. The number of nitrogens with one attached hydrogen (secondary N) is 1. The number of rotatable bonds is 4. The third-order valence-corrected chi connectivity index (χ3v) is 4.17. The predicted octanol–water partition coefficient (Wildman–Crippen LogP) is 3.87. The first kappa shape index (κ1) is 13.6. The van der Waals surface area contributed by atoms with Gasteiger partial charge in [0.1, 0.15) is 0 Å². The van der Waals surface area contributed by atoms with Gasteiger partial charge in [-0.15, -0.1) is 11.6 Å². The predicted molar refractivity (Wildman–Crippen MR) is 76.4 cm³/mol. The van der Waals surface area contributed by atoms with E-state index in [0.717, 1.165) is 30.2 Å². The molecule has 0 bridgehead atoms. The maximum Gasteiger partial charge on any atom is 0.223 e. The summed E-state index contributed by atoms with van der Waals surface area (Å²) in [4.78, 5) is 9.10. The molecule has 0 radical (unpaired) electrons. The maximum atomic E-state index is 6.14. The largest absolute Gasteiger partial charge is 0.348 e. The molecule has 4 heteroatoms. The first-order chi connectivity index (χ1) is 8.54. The summed E-state index contributed by atoms with van der Waals surface area (Å²) in [5.74, 6) is 1.78. The Labute approximate surface area is 114 Å². The molecular weight excluding hydrogens is 246 g/mol. The highest BCUT2D eigenvalue weighted by molar-refractivity contribution is 6.18. The Morgan fingerprint density at radius 1 is 1.33 bits per heavy atom. The molecule has 100 valence electrons. The van der Waals surface area contributed by atoms with E-state index in [1.54, 1.807) is 0 Å². The number of aryl methyl sites for hydroxylation is 1. The summed E-state index contributed by atoms with van der Waals surface area (Å²) in [6.07, 6.45) is 4.71. The Morgan fingerprint density at radius 3 is 2.56 bits per heavy atom. The number of halogens is 1. The summed E-state index contributed by atoms with van der Waals surface area (Å²) in [5, 5.41) is 3.49. The van der Waals surface area contributed by atoms with E-state index < -0.39 is 0 Å². The van der Waals surface area contributed by atoms with E-state index in [2.05, 4.69) is 35.2 Å². The molecule has 18 heavy (non-hydrogen) atoms. The van der Waals surface area contributed by atoms with Gasteiger partial charge in [0.25, 0.3) is 0 Å². The van der Waals surface area contributed by atoms with Crippen molar-refractivity contribution in [3.63, 3.8) is 0 Å². The molecule has 1 N–H and O–H groups in total. The molecule has 2 rings (SSSR count). The smallest absolute Gasteiger partial charge is 0.223 e. The molecule has 1 saturated carbocycles. The first-order valence-corrected chi connectivity index (χ1v) is 7.28. The van der Waals surface area contributed by atoms with Gasteiger partial charge in [-0.2, -0.15) is 0 Å². The third-order valence-electron chi connectivity index (χ3n) is 3.66. The van der Waals surface area contributed by atoms with E-state index in [-0.39, 0.29) is 5.54 Å². The fourth-order valence-corrected chi connectivity index (χ4v) is 2.86. The van der Waals surface area contributed by atoms with E-state index in [0.29, 0.717) is 11.8 Å². The number of anilines is 1. The molecule has 0 atom stereocenters. The Balaban J connectivity index is 2.22. The lowest BCUT2D eigenvalue weighted by atomic mass is 10.0. The third kappa shape index (κ3) is 2.94. The van der Waals surface area contributed by atoms with Crippen molar-refractivity contribution in [2.45, 2.75) is 57.9 Å². The van der Waals surface area contributed by atoms with Gasteiger partial charge in [-0.05, 0) is 31.7 Å². The van der Waals surface area contributed by atoms with Crippen LogP contribution in [0.3, 0.4) is 0 Å². The van der Waals surface area contributed by atoms with Gasteiger partial charge >= 0.3 is 0 Å². The lowest BCUT2D eigenvalue weighted by molar-refractivity contribution is 0.533. The van der Waals surface area contributed by atoms with Crippen molar-refractivity contribution in [3.8, 4) is 0 Å². The van der Waals surface area contributed by atoms with Crippen molar-refractivity contribution < 1.29 is 0 Å². The second-order valence-corrected chi connectivity index (χ2v) is 5.93. The van der Waals surface area contributed by atoms with E-state index in [1.165, 1.54) is 12.8 Å². The molecule has 1 aromatic rings. The molecular formula is C14H22ClN3. The van der Waals surface area contributed by atoms with Crippen molar-refractivity contribution in [1.29, 1.82) is 0 Å². The standard InChI is InChI=1S/C14H22ClN3/c1-10(2)12-8-11(3)16-13(17-12)18-14(9-15)6-4-5-7-14/h8,10H,4-7,9H2,1-3H3,(H,16,17,18). The van der Waals surface area contributed by atoms with Crippen LogP contribution in [0.1, 0.15) is 56.8 Å². The van der Waals surface area contributed by atoms with Crippen molar-refractivity contribution >= 4 is 17.5 Å². The van der Waals surface area contributed by atoms with Gasteiger partial charge in [-0.25, -0.2) is 9.97 Å². The molecule has 3 nitrogen and oxygen atoms in total. The highest BCUT2D eigenvalue weighted by Crippen LogP contribution is 2.33. The van der Waals surface area contributed by atoms with Gasteiger partial charge < -0.3 is 5.32 Å². The molecule has 1 aliphatic rings. The minimum atomic E-state index is 0.00357. The molecule has 0 unspecified atom stereocenters. The number of nitrogens with zero attached hydrogens (tertiary/aromatic N) is 2. The van der Waals surface area contributed by atoms with Crippen LogP contribution < -0.4 is 5.32 Å². The SMILES string of the molecule is Cc1cc(C(C)C)nc(NC2(CCl)CCCC2)n1. The fourth-order valence-electron chi connectivity index (χ4n) is 2.53. The van der Waals surface area contributed by atoms with E-state index >= 15 is 0 Å². The second kappa shape index (κ2) is 5.43. The lowest BCUT2D eigenvalue weighted by Crippen LogP contribution is -2.38. The Bertz CT molecular complexity index is 412. The van der Waals surface area contributed by atoms with Crippen LogP contribution in [-0.4, -0.2) is 21.4 Å².